The molecule has 3 N–H and O–H groups in total. The van der Waals surface area contributed by atoms with Crippen LogP contribution in [0.3, 0.4) is 0 Å². The van der Waals surface area contributed by atoms with Crippen LogP contribution in [0.1, 0.15) is 0 Å². The van der Waals surface area contributed by atoms with Gasteiger partial charge in [-0.05, 0) is 12.1 Å². The van der Waals surface area contributed by atoms with E-state index in [0.717, 1.165) is 0 Å². The molecular formula is C9H13O7PS. The van der Waals surface area contributed by atoms with Crippen molar-refractivity contribution in [3.8, 4) is 0 Å². The van der Waals surface area contributed by atoms with Gasteiger partial charge in [-0.2, -0.15) is 8.42 Å². The molecule has 1 aromatic carbocycles. The van der Waals surface area contributed by atoms with Gasteiger partial charge in [0.05, 0.1) is 11.5 Å². The number of rotatable bonds is 4. The van der Waals surface area contributed by atoms with Gasteiger partial charge in [-0.3, -0.25) is 4.18 Å². The lowest BCUT2D eigenvalue weighted by molar-refractivity contribution is 0.275. The van der Waals surface area contributed by atoms with E-state index in [1.165, 1.54) is 18.2 Å². The largest absolute Gasteiger partial charge is 0.466 e. The van der Waals surface area contributed by atoms with Crippen LogP contribution in [-0.4, -0.2) is 29.7 Å². The van der Waals surface area contributed by atoms with E-state index < -0.39 is 17.9 Å². The van der Waals surface area contributed by atoms with Crippen LogP contribution in [0.5, 0.6) is 0 Å². The van der Waals surface area contributed by atoms with E-state index in [0.29, 0.717) is 0 Å². The van der Waals surface area contributed by atoms with Gasteiger partial charge >= 0.3 is 7.82 Å². The Balaban J connectivity index is 0.000000494. The second kappa shape index (κ2) is 7.42. The fourth-order valence-corrected chi connectivity index (χ4v) is 1.69. The summed E-state index contributed by atoms with van der Waals surface area (Å²) < 4.78 is 36.1. The summed E-state index contributed by atoms with van der Waals surface area (Å²) in [7, 11) is -8.23. The number of benzene rings is 1. The van der Waals surface area contributed by atoms with Crippen molar-refractivity contribution in [2.45, 2.75) is 4.90 Å². The average Bonchev–Trinajstić information content (AvgIpc) is 2.25. The maximum absolute atomic E-state index is 11.3. The first kappa shape index (κ1) is 17.0. The van der Waals surface area contributed by atoms with Crippen molar-refractivity contribution in [3.63, 3.8) is 0 Å². The van der Waals surface area contributed by atoms with Crippen LogP contribution < -0.4 is 0 Å². The lowest BCUT2D eigenvalue weighted by atomic mass is 10.4. The Morgan fingerprint density at radius 2 is 1.67 bits per heavy atom. The molecule has 0 radical (unpaired) electrons. The van der Waals surface area contributed by atoms with E-state index in [9.17, 15) is 8.42 Å². The predicted molar refractivity (Wildman–Crippen MR) is 64.0 cm³/mol. The average molecular weight is 296 g/mol. The minimum absolute atomic E-state index is 0.00275. The second-order valence-corrected chi connectivity index (χ2v) is 5.50. The number of hydrogen-bond donors (Lipinski definition) is 3. The van der Waals surface area contributed by atoms with Crippen LogP contribution in [0.15, 0.2) is 47.9 Å². The van der Waals surface area contributed by atoms with Crippen molar-refractivity contribution < 1.29 is 31.8 Å². The molecule has 0 spiro atoms. The van der Waals surface area contributed by atoms with E-state index in [4.69, 9.17) is 19.2 Å². The molecule has 0 aromatic heterocycles. The highest BCUT2D eigenvalue weighted by Gasteiger charge is 2.12. The maximum atomic E-state index is 11.3. The van der Waals surface area contributed by atoms with Crippen LogP contribution in [0, 0.1) is 0 Å². The lowest BCUT2D eigenvalue weighted by Gasteiger charge is -2.01. The van der Waals surface area contributed by atoms with Crippen molar-refractivity contribution in [1.29, 1.82) is 0 Å². The van der Waals surface area contributed by atoms with E-state index in [-0.39, 0.29) is 11.5 Å². The Hall–Kier alpha value is -1.02. The molecule has 0 saturated carbocycles. The molecule has 9 heteroatoms. The van der Waals surface area contributed by atoms with Gasteiger partial charge in [0.2, 0.25) is 0 Å². The molecular weight excluding hydrogens is 283 g/mol. The van der Waals surface area contributed by atoms with Gasteiger partial charge in [-0.1, -0.05) is 24.3 Å². The van der Waals surface area contributed by atoms with Gasteiger partial charge in [0, 0.05) is 0 Å². The molecule has 1 aromatic rings. The number of phosphoric acid groups is 1. The summed E-state index contributed by atoms with van der Waals surface area (Å²) in [6, 6.07) is 8.00. The molecule has 0 aliphatic rings. The Bertz CT molecular complexity index is 497. The minimum Gasteiger partial charge on any atom is -0.303 e. The zero-order valence-electron chi connectivity index (χ0n) is 9.21. The molecule has 0 saturated heterocycles. The van der Waals surface area contributed by atoms with Gasteiger partial charge in [0.15, 0.2) is 0 Å². The molecule has 0 atom stereocenters. The Morgan fingerprint density at radius 1 is 1.22 bits per heavy atom. The molecule has 7 nitrogen and oxygen atoms in total. The molecule has 0 aliphatic heterocycles. The van der Waals surface area contributed by atoms with Gasteiger partial charge in [-0.15, -0.1) is 6.58 Å². The van der Waals surface area contributed by atoms with Crippen LogP contribution in [0.2, 0.25) is 0 Å². The van der Waals surface area contributed by atoms with Gasteiger partial charge in [-0.25, -0.2) is 4.57 Å². The SMILES string of the molecule is C=CCOS(=O)(=O)c1ccccc1.O=P(O)(O)O. The van der Waals surface area contributed by atoms with Crippen LogP contribution in [0.25, 0.3) is 0 Å². The topological polar surface area (TPSA) is 121 Å². The molecule has 0 amide bonds. The highest BCUT2D eigenvalue weighted by atomic mass is 32.2. The van der Waals surface area contributed by atoms with Gasteiger partial charge < -0.3 is 14.7 Å². The Labute approximate surface area is 105 Å². The molecule has 0 unspecified atom stereocenters. The van der Waals surface area contributed by atoms with Crippen LogP contribution >= 0.6 is 7.82 Å². The van der Waals surface area contributed by atoms with Crippen molar-refractivity contribution in [3.05, 3.63) is 43.0 Å². The summed E-state index contributed by atoms with van der Waals surface area (Å²) in [4.78, 5) is 21.7. The molecule has 1 rings (SSSR count). The summed E-state index contributed by atoms with van der Waals surface area (Å²) >= 11 is 0. The summed E-state index contributed by atoms with van der Waals surface area (Å²) in [5.41, 5.74) is 0. The highest BCUT2D eigenvalue weighted by molar-refractivity contribution is 7.86. The Morgan fingerprint density at radius 3 is 2.06 bits per heavy atom. The van der Waals surface area contributed by atoms with Crippen molar-refractivity contribution in [2.24, 2.45) is 0 Å². The van der Waals surface area contributed by atoms with E-state index in [1.54, 1.807) is 18.2 Å². The molecule has 0 heterocycles. The van der Waals surface area contributed by atoms with Gasteiger partial charge in [0.1, 0.15) is 0 Å². The third-order valence-corrected chi connectivity index (χ3v) is 2.67. The first-order chi connectivity index (χ1) is 8.17. The molecule has 18 heavy (non-hydrogen) atoms. The summed E-state index contributed by atoms with van der Waals surface area (Å²) in [5, 5.41) is 0. The molecule has 0 aliphatic carbocycles. The zero-order chi connectivity index (χ0) is 14.2. The third-order valence-electron chi connectivity index (χ3n) is 1.37. The third kappa shape index (κ3) is 9.06. The highest BCUT2D eigenvalue weighted by Crippen LogP contribution is 2.25. The monoisotopic (exact) mass is 296 g/mol. The normalized spacial score (nSPS) is 11.3. The van der Waals surface area contributed by atoms with E-state index in [2.05, 4.69) is 10.8 Å². The fourth-order valence-electron chi connectivity index (χ4n) is 0.793. The summed E-state index contributed by atoms with van der Waals surface area (Å²) in [5.74, 6) is 0. The quantitative estimate of drug-likeness (QED) is 0.423. The minimum atomic E-state index is -4.64. The summed E-state index contributed by atoms with van der Waals surface area (Å²) in [6.45, 7) is 3.37. The maximum Gasteiger partial charge on any atom is 0.466 e. The first-order valence-electron chi connectivity index (χ1n) is 4.50. The predicted octanol–water partition coefficient (Wildman–Crippen LogP) is 0.649. The van der Waals surface area contributed by atoms with Gasteiger partial charge in [0.25, 0.3) is 10.1 Å². The standard InChI is InChI=1S/C9H10O3S.H3O4P/c1-2-8-12-13(10,11)9-6-4-3-5-7-9;1-5(2,3)4/h2-7H,1,8H2;(H3,1,2,3,4). The van der Waals surface area contributed by atoms with Crippen LogP contribution in [0.4, 0.5) is 0 Å². The molecule has 0 bridgehead atoms. The zero-order valence-corrected chi connectivity index (χ0v) is 10.9. The Kier molecular flexibility index (Phi) is 7.00. The number of hydrogen-bond acceptors (Lipinski definition) is 4. The van der Waals surface area contributed by atoms with Crippen molar-refractivity contribution in [2.75, 3.05) is 6.61 Å². The first-order valence-corrected chi connectivity index (χ1v) is 7.48. The van der Waals surface area contributed by atoms with Crippen molar-refractivity contribution >= 4 is 17.9 Å². The molecule has 0 fully saturated rings. The fraction of sp³-hybridized carbons (Fsp3) is 0.111. The molecule has 102 valence electrons. The lowest BCUT2D eigenvalue weighted by Crippen LogP contribution is -2.05. The van der Waals surface area contributed by atoms with E-state index in [1.807, 2.05) is 0 Å². The van der Waals surface area contributed by atoms with Crippen molar-refractivity contribution in [1.82, 2.24) is 0 Å². The second-order valence-electron chi connectivity index (χ2n) is 2.85. The van der Waals surface area contributed by atoms with Crippen LogP contribution in [-0.2, 0) is 18.9 Å². The summed E-state index contributed by atoms with van der Waals surface area (Å²) in [6.07, 6.45) is 1.39. The van der Waals surface area contributed by atoms with E-state index >= 15 is 0 Å². The smallest absolute Gasteiger partial charge is 0.303 e.